The Balaban J connectivity index is 2.21. The van der Waals surface area contributed by atoms with Crippen LogP contribution in [0.5, 0.6) is 11.5 Å². The summed E-state index contributed by atoms with van der Waals surface area (Å²) in [5, 5.41) is 9.45. The molecule has 0 radical (unpaired) electrons. The number of aromatic hydroxyl groups is 1. The molecule has 1 N–H and O–H groups in total. The fourth-order valence-electron chi connectivity index (χ4n) is 2.89. The Labute approximate surface area is 153 Å². The predicted molar refractivity (Wildman–Crippen MR) is 101 cm³/mol. The van der Waals surface area contributed by atoms with Crippen LogP contribution in [-0.2, 0) is 9.84 Å². The molecule has 4 nitrogen and oxygen atoms in total. The van der Waals surface area contributed by atoms with Crippen molar-refractivity contribution in [1.82, 2.24) is 0 Å². The fraction of sp³-hybridized carbons (Fsp3) is 0.143. The predicted octanol–water partition coefficient (Wildman–Crippen LogP) is 4.27. The molecule has 0 amide bonds. The summed E-state index contributed by atoms with van der Waals surface area (Å²) in [6.07, 6.45) is 0. The van der Waals surface area contributed by atoms with Crippen molar-refractivity contribution in [3.05, 3.63) is 89.5 Å². The van der Waals surface area contributed by atoms with E-state index in [1.807, 2.05) is 13.0 Å². The Bertz CT molecular complexity index is 994. The second-order valence-electron chi connectivity index (χ2n) is 6.07. The largest absolute Gasteiger partial charge is 0.507 e. The van der Waals surface area contributed by atoms with Crippen LogP contribution in [0.1, 0.15) is 21.9 Å². The van der Waals surface area contributed by atoms with Gasteiger partial charge in [0.1, 0.15) is 16.7 Å². The molecular formula is C21H20O4S. The van der Waals surface area contributed by atoms with Crippen molar-refractivity contribution in [2.45, 2.75) is 17.1 Å². The lowest BCUT2D eigenvalue weighted by atomic mass is 10.0. The number of hydrogen-bond donors (Lipinski definition) is 1. The van der Waals surface area contributed by atoms with E-state index in [-0.39, 0.29) is 10.6 Å². The van der Waals surface area contributed by atoms with Gasteiger partial charge in [-0.3, -0.25) is 0 Å². The van der Waals surface area contributed by atoms with Crippen molar-refractivity contribution in [3.8, 4) is 11.5 Å². The molecule has 3 aromatic rings. The Morgan fingerprint density at radius 3 is 2.15 bits per heavy atom. The second-order valence-corrected chi connectivity index (χ2v) is 8.11. The number of aryl methyl sites for hydroxylation is 1. The number of phenolic OH excluding ortho intramolecular Hbond substituents is 1. The Morgan fingerprint density at radius 2 is 1.58 bits per heavy atom. The van der Waals surface area contributed by atoms with Crippen LogP contribution in [0, 0.1) is 6.92 Å². The van der Waals surface area contributed by atoms with E-state index in [0.29, 0.717) is 16.9 Å². The van der Waals surface area contributed by atoms with Crippen molar-refractivity contribution in [3.63, 3.8) is 0 Å². The Morgan fingerprint density at radius 1 is 0.923 bits per heavy atom. The molecule has 1 unspecified atom stereocenters. The van der Waals surface area contributed by atoms with Crippen molar-refractivity contribution in [2.24, 2.45) is 0 Å². The summed E-state index contributed by atoms with van der Waals surface area (Å²) in [7, 11) is -2.27. The molecule has 5 heteroatoms. The minimum atomic E-state index is -3.77. The molecule has 0 aliphatic heterocycles. The summed E-state index contributed by atoms with van der Waals surface area (Å²) in [5.74, 6) is 0.347. The van der Waals surface area contributed by atoms with Gasteiger partial charge < -0.3 is 9.84 Å². The van der Waals surface area contributed by atoms with Crippen LogP contribution in [0.2, 0.25) is 0 Å². The van der Waals surface area contributed by atoms with E-state index < -0.39 is 15.1 Å². The summed E-state index contributed by atoms with van der Waals surface area (Å²) in [6.45, 7) is 1.90. The smallest absolute Gasteiger partial charge is 0.189 e. The second kappa shape index (κ2) is 7.22. The molecule has 134 valence electrons. The van der Waals surface area contributed by atoms with Crippen molar-refractivity contribution < 1.29 is 18.3 Å². The number of sulfone groups is 1. The molecule has 0 saturated carbocycles. The number of benzene rings is 3. The van der Waals surface area contributed by atoms with Gasteiger partial charge in [0.05, 0.1) is 12.0 Å². The van der Waals surface area contributed by atoms with Crippen LogP contribution in [0.4, 0.5) is 0 Å². The Kier molecular flexibility index (Phi) is 5.00. The van der Waals surface area contributed by atoms with E-state index in [0.717, 1.165) is 5.56 Å². The summed E-state index contributed by atoms with van der Waals surface area (Å²) in [4.78, 5) is 0.215. The first kappa shape index (κ1) is 18.0. The molecule has 26 heavy (non-hydrogen) atoms. The van der Waals surface area contributed by atoms with E-state index in [1.54, 1.807) is 60.7 Å². The zero-order valence-corrected chi connectivity index (χ0v) is 15.4. The normalized spacial score (nSPS) is 12.5. The number of rotatable bonds is 5. The summed E-state index contributed by atoms with van der Waals surface area (Å²) in [5.41, 5.74) is 1.89. The van der Waals surface area contributed by atoms with Crippen LogP contribution in [0.25, 0.3) is 0 Å². The molecule has 1 atom stereocenters. The zero-order valence-electron chi connectivity index (χ0n) is 14.6. The molecule has 0 saturated heterocycles. The van der Waals surface area contributed by atoms with Gasteiger partial charge in [0.2, 0.25) is 0 Å². The highest BCUT2D eigenvalue weighted by molar-refractivity contribution is 7.92. The molecule has 0 bridgehead atoms. The molecule has 0 spiro atoms. The van der Waals surface area contributed by atoms with Gasteiger partial charge >= 0.3 is 0 Å². The maximum Gasteiger partial charge on any atom is 0.189 e. The van der Waals surface area contributed by atoms with Crippen molar-refractivity contribution in [1.29, 1.82) is 0 Å². The fourth-order valence-corrected chi connectivity index (χ4v) is 4.73. The summed E-state index contributed by atoms with van der Waals surface area (Å²) >= 11 is 0. The first-order valence-electron chi connectivity index (χ1n) is 8.16. The van der Waals surface area contributed by atoms with E-state index in [1.165, 1.54) is 13.2 Å². The molecule has 0 aliphatic rings. The summed E-state index contributed by atoms with van der Waals surface area (Å²) < 4.78 is 31.9. The van der Waals surface area contributed by atoms with Gasteiger partial charge in [0, 0.05) is 11.6 Å². The lowest BCUT2D eigenvalue weighted by Crippen LogP contribution is -2.15. The Hall–Kier alpha value is -2.79. The first-order chi connectivity index (χ1) is 12.4. The highest BCUT2D eigenvalue weighted by atomic mass is 32.2. The number of ether oxygens (including phenoxy) is 1. The third-order valence-corrected chi connectivity index (χ3v) is 6.36. The van der Waals surface area contributed by atoms with Crippen LogP contribution >= 0.6 is 0 Å². The van der Waals surface area contributed by atoms with Gasteiger partial charge in [-0.1, -0.05) is 48.0 Å². The van der Waals surface area contributed by atoms with E-state index in [4.69, 9.17) is 4.74 Å². The van der Waals surface area contributed by atoms with Gasteiger partial charge in [-0.15, -0.1) is 0 Å². The van der Waals surface area contributed by atoms with Crippen LogP contribution in [-0.4, -0.2) is 20.6 Å². The number of methoxy groups -OCH3 is 1. The number of hydrogen-bond acceptors (Lipinski definition) is 4. The molecular weight excluding hydrogens is 348 g/mol. The van der Waals surface area contributed by atoms with Crippen LogP contribution < -0.4 is 4.74 Å². The lowest BCUT2D eigenvalue weighted by Gasteiger charge is -2.20. The standard InChI is InChI=1S/C21H20O4S/c1-15-8-11-18(12-9-15)26(23,24)21(16-6-4-3-5-7-16)19-13-10-17(25-2)14-20(19)22/h3-14,21-22H,1-2H3. The van der Waals surface area contributed by atoms with Crippen LogP contribution in [0.15, 0.2) is 77.7 Å². The third-order valence-electron chi connectivity index (χ3n) is 4.28. The van der Waals surface area contributed by atoms with Gasteiger partial charge in [-0.05, 0) is 36.8 Å². The molecule has 3 aromatic carbocycles. The molecule has 3 rings (SSSR count). The number of phenols is 1. The van der Waals surface area contributed by atoms with Crippen molar-refractivity contribution in [2.75, 3.05) is 7.11 Å². The van der Waals surface area contributed by atoms with Gasteiger partial charge in [-0.2, -0.15) is 0 Å². The van der Waals surface area contributed by atoms with Gasteiger partial charge in [0.15, 0.2) is 9.84 Å². The SMILES string of the molecule is COc1ccc(C(c2ccccc2)S(=O)(=O)c2ccc(C)cc2)c(O)c1. The maximum atomic E-state index is 13.4. The van der Waals surface area contributed by atoms with Gasteiger partial charge in [-0.25, -0.2) is 8.42 Å². The van der Waals surface area contributed by atoms with E-state index in [2.05, 4.69) is 0 Å². The van der Waals surface area contributed by atoms with Crippen molar-refractivity contribution >= 4 is 9.84 Å². The zero-order chi connectivity index (χ0) is 18.7. The quantitative estimate of drug-likeness (QED) is 0.730. The van der Waals surface area contributed by atoms with Gasteiger partial charge in [0.25, 0.3) is 0 Å². The van der Waals surface area contributed by atoms with E-state index >= 15 is 0 Å². The maximum absolute atomic E-state index is 13.4. The topological polar surface area (TPSA) is 63.6 Å². The molecule has 0 fully saturated rings. The highest BCUT2D eigenvalue weighted by Crippen LogP contribution is 2.40. The third kappa shape index (κ3) is 3.44. The average Bonchev–Trinajstić information content (AvgIpc) is 2.64. The van der Waals surface area contributed by atoms with Crippen LogP contribution in [0.3, 0.4) is 0 Å². The summed E-state index contributed by atoms with van der Waals surface area (Å²) in [6, 6.07) is 20.3. The average molecular weight is 368 g/mol. The highest BCUT2D eigenvalue weighted by Gasteiger charge is 2.32. The minimum absolute atomic E-state index is 0.117. The monoisotopic (exact) mass is 368 g/mol. The first-order valence-corrected chi connectivity index (χ1v) is 9.70. The molecule has 0 heterocycles. The lowest BCUT2D eigenvalue weighted by molar-refractivity contribution is 0.406. The van der Waals surface area contributed by atoms with E-state index in [9.17, 15) is 13.5 Å². The molecule has 0 aromatic heterocycles. The minimum Gasteiger partial charge on any atom is -0.507 e. The molecule has 0 aliphatic carbocycles.